The first-order chi connectivity index (χ1) is 16.5. The summed E-state index contributed by atoms with van der Waals surface area (Å²) in [5, 5.41) is 11.2. The van der Waals surface area contributed by atoms with E-state index in [-0.39, 0.29) is 17.9 Å². The molecule has 1 fully saturated rings. The molecular formula is C27H26N2O5. The van der Waals surface area contributed by atoms with Gasteiger partial charge >= 0.3 is 0 Å². The van der Waals surface area contributed by atoms with Crippen LogP contribution in [0.3, 0.4) is 0 Å². The smallest absolute Gasteiger partial charge is 0.295 e. The molecule has 1 aliphatic heterocycles. The van der Waals surface area contributed by atoms with Crippen molar-refractivity contribution in [1.29, 1.82) is 0 Å². The van der Waals surface area contributed by atoms with Gasteiger partial charge in [0.15, 0.2) is 0 Å². The van der Waals surface area contributed by atoms with Crippen LogP contribution >= 0.6 is 0 Å². The van der Waals surface area contributed by atoms with E-state index in [1.807, 2.05) is 37.3 Å². The Morgan fingerprint density at radius 1 is 1.03 bits per heavy atom. The quantitative estimate of drug-likeness (QED) is 0.304. The number of carbonyl (C=O) groups excluding carboxylic acids is 2. The van der Waals surface area contributed by atoms with Gasteiger partial charge < -0.3 is 19.5 Å². The van der Waals surface area contributed by atoms with Crippen LogP contribution in [0, 0.1) is 0 Å². The van der Waals surface area contributed by atoms with Crippen molar-refractivity contribution in [3.63, 3.8) is 0 Å². The van der Waals surface area contributed by atoms with Crippen LogP contribution in [0.25, 0.3) is 5.76 Å². The van der Waals surface area contributed by atoms with Gasteiger partial charge in [0.1, 0.15) is 17.3 Å². The summed E-state index contributed by atoms with van der Waals surface area (Å²) in [6.45, 7) is 2.80. The van der Waals surface area contributed by atoms with Crippen molar-refractivity contribution < 1.29 is 24.2 Å². The molecule has 0 unspecified atom stereocenters. The van der Waals surface area contributed by atoms with Crippen molar-refractivity contribution >= 4 is 17.4 Å². The number of amides is 1. The Morgan fingerprint density at radius 2 is 1.74 bits per heavy atom. The minimum Gasteiger partial charge on any atom is -0.507 e. The lowest BCUT2D eigenvalue weighted by atomic mass is 9.95. The normalized spacial score (nSPS) is 17.1. The van der Waals surface area contributed by atoms with E-state index < -0.39 is 17.7 Å². The maximum Gasteiger partial charge on any atom is 0.295 e. The van der Waals surface area contributed by atoms with Gasteiger partial charge in [-0.15, -0.1) is 0 Å². The highest BCUT2D eigenvalue weighted by molar-refractivity contribution is 6.46. The molecule has 4 rings (SSSR count). The molecule has 1 aliphatic rings. The van der Waals surface area contributed by atoms with Gasteiger partial charge in [0.05, 0.1) is 25.3 Å². The molecule has 1 atom stereocenters. The number of ether oxygens (including phenoxy) is 2. The molecule has 0 spiro atoms. The third-order valence-corrected chi connectivity index (χ3v) is 5.65. The molecule has 1 aromatic heterocycles. The number of benzene rings is 2. The molecule has 7 heteroatoms. The minimum absolute atomic E-state index is 0.0429. The first kappa shape index (κ1) is 23.0. The van der Waals surface area contributed by atoms with E-state index >= 15 is 0 Å². The lowest BCUT2D eigenvalue weighted by Gasteiger charge is -2.25. The minimum atomic E-state index is -0.762. The predicted molar refractivity (Wildman–Crippen MR) is 127 cm³/mol. The number of likely N-dealkylation sites (tertiary alicyclic amines) is 1. The van der Waals surface area contributed by atoms with Crippen LogP contribution in [0.5, 0.6) is 11.5 Å². The van der Waals surface area contributed by atoms with Crippen LogP contribution in [0.1, 0.15) is 36.1 Å². The number of hydrogen-bond donors (Lipinski definition) is 1. The summed E-state index contributed by atoms with van der Waals surface area (Å²) in [4.78, 5) is 31.9. The molecule has 1 saturated heterocycles. The Kier molecular flexibility index (Phi) is 6.92. The molecule has 34 heavy (non-hydrogen) atoms. The van der Waals surface area contributed by atoms with Crippen molar-refractivity contribution in [3.8, 4) is 11.5 Å². The average molecular weight is 459 g/mol. The van der Waals surface area contributed by atoms with Gasteiger partial charge in [-0.2, -0.15) is 0 Å². The first-order valence-corrected chi connectivity index (χ1v) is 11.1. The lowest BCUT2D eigenvalue weighted by molar-refractivity contribution is -0.140. The van der Waals surface area contributed by atoms with E-state index in [2.05, 4.69) is 4.98 Å². The fraction of sp³-hybridized carbons (Fsp3) is 0.222. The number of nitrogens with zero attached hydrogens (tertiary/aromatic N) is 2. The van der Waals surface area contributed by atoms with Gasteiger partial charge in [-0.3, -0.25) is 14.6 Å². The zero-order valence-electron chi connectivity index (χ0n) is 19.1. The number of Topliss-reactive ketones (excluding diaryl/α,β-unsaturated/α-hetero) is 1. The number of aromatic nitrogens is 1. The van der Waals surface area contributed by atoms with E-state index in [9.17, 15) is 14.7 Å². The Hall–Kier alpha value is -4.13. The standard InChI is InChI=1S/C27H26N2O5/c1-3-15-34-22-12-6-19(7-13-22)24-23(25(30)20-8-10-21(33-2)11-9-20)26(31)27(32)29(24)17-18-5-4-14-28-16-18/h4-14,16,24,30H,3,15,17H2,1-2H3/t24-/m0/s1. The number of carbonyl (C=O) groups is 2. The van der Waals surface area contributed by atoms with Crippen LogP contribution < -0.4 is 9.47 Å². The average Bonchev–Trinajstić information content (AvgIpc) is 3.13. The van der Waals surface area contributed by atoms with E-state index in [0.717, 1.165) is 12.0 Å². The van der Waals surface area contributed by atoms with Crippen LogP contribution in [0.15, 0.2) is 78.6 Å². The number of ketones is 1. The highest BCUT2D eigenvalue weighted by atomic mass is 16.5. The summed E-state index contributed by atoms with van der Waals surface area (Å²) in [7, 11) is 1.55. The maximum atomic E-state index is 13.2. The van der Waals surface area contributed by atoms with Gasteiger partial charge in [-0.25, -0.2) is 0 Å². The van der Waals surface area contributed by atoms with Gasteiger partial charge in [0.25, 0.3) is 11.7 Å². The summed E-state index contributed by atoms with van der Waals surface area (Å²) in [6, 6.07) is 16.8. The van der Waals surface area contributed by atoms with Crippen molar-refractivity contribution in [1.82, 2.24) is 9.88 Å². The summed E-state index contributed by atoms with van der Waals surface area (Å²) >= 11 is 0. The Labute approximate surface area is 198 Å². The highest BCUT2D eigenvalue weighted by Gasteiger charge is 2.46. The topological polar surface area (TPSA) is 89.0 Å². The number of hydrogen-bond acceptors (Lipinski definition) is 6. The number of aliphatic hydroxyl groups is 1. The molecule has 0 saturated carbocycles. The summed E-state index contributed by atoms with van der Waals surface area (Å²) in [5.74, 6) is -0.312. The molecule has 0 radical (unpaired) electrons. The molecule has 2 aromatic carbocycles. The summed E-state index contributed by atoms with van der Waals surface area (Å²) in [5.41, 5.74) is 1.94. The van der Waals surface area contributed by atoms with E-state index in [0.29, 0.717) is 29.2 Å². The van der Waals surface area contributed by atoms with Crippen molar-refractivity contribution in [3.05, 3.63) is 95.3 Å². The second-order valence-corrected chi connectivity index (χ2v) is 7.93. The molecule has 7 nitrogen and oxygen atoms in total. The van der Waals surface area contributed by atoms with Crippen molar-refractivity contribution in [2.45, 2.75) is 25.9 Å². The third-order valence-electron chi connectivity index (χ3n) is 5.65. The number of rotatable bonds is 8. The Morgan fingerprint density at radius 3 is 2.35 bits per heavy atom. The van der Waals surface area contributed by atoms with Gasteiger partial charge in [-0.1, -0.05) is 25.1 Å². The van der Waals surface area contributed by atoms with Crippen LogP contribution in [0.2, 0.25) is 0 Å². The SMILES string of the molecule is CCCOc1ccc([C@H]2C(=C(O)c3ccc(OC)cc3)C(=O)C(=O)N2Cc2cccnc2)cc1. The summed E-state index contributed by atoms with van der Waals surface area (Å²) < 4.78 is 10.9. The maximum absolute atomic E-state index is 13.2. The predicted octanol–water partition coefficient (Wildman–Crippen LogP) is 4.50. The van der Waals surface area contributed by atoms with E-state index in [1.165, 1.54) is 4.90 Å². The Bertz CT molecular complexity index is 1190. The fourth-order valence-electron chi connectivity index (χ4n) is 3.95. The van der Waals surface area contributed by atoms with Gasteiger partial charge in [0.2, 0.25) is 0 Å². The van der Waals surface area contributed by atoms with Crippen LogP contribution in [-0.4, -0.2) is 40.4 Å². The second-order valence-electron chi connectivity index (χ2n) is 7.93. The third kappa shape index (κ3) is 4.64. The molecule has 0 bridgehead atoms. The monoisotopic (exact) mass is 458 g/mol. The molecule has 174 valence electrons. The molecule has 2 heterocycles. The molecule has 3 aromatic rings. The van der Waals surface area contributed by atoms with Crippen molar-refractivity contribution in [2.75, 3.05) is 13.7 Å². The molecular weight excluding hydrogens is 432 g/mol. The zero-order chi connectivity index (χ0) is 24.1. The zero-order valence-corrected chi connectivity index (χ0v) is 19.1. The van der Waals surface area contributed by atoms with Crippen molar-refractivity contribution in [2.24, 2.45) is 0 Å². The Balaban J connectivity index is 1.79. The van der Waals surface area contributed by atoms with E-state index in [4.69, 9.17) is 9.47 Å². The van der Waals surface area contributed by atoms with Gasteiger partial charge in [0, 0.05) is 24.5 Å². The molecule has 1 N–H and O–H groups in total. The largest absolute Gasteiger partial charge is 0.507 e. The van der Waals surface area contributed by atoms with E-state index in [1.54, 1.807) is 49.8 Å². The van der Waals surface area contributed by atoms with Crippen LogP contribution in [0.4, 0.5) is 0 Å². The van der Waals surface area contributed by atoms with Gasteiger partial charge in [-0.05, 0) is 60.0 Å². The molecule has 0 aliphatic carbocycles. The number of methoxy groups -OCH3 is 1. The number of pyridine rings is 1. The fourth-order valence-corrected chi connectivity index (χ4v) is 3.95. The number of aliphatic hydroxyl groups excluding tert-OH is 1. The lowest BCUT2D eigenvalue weighted by Crippen LogP contribution is -2.29. The highest BCUT2D eigenvalue weighted by Crippen LogP contribution is 2.40. The van der Waals surface area contributed by atoms with Crippen LogP contribution in [-0.2, 0) is 16.1 Å². The first-order valence-electron chi connectivity index (χ1n) is 11.1. The molecule has 1 amide bonds. The second kappa shape index (κ2) is 10.2. The summed E-state index contributed by atoms with van der Waals surface area (Å²) in [6.07, 6.45) is 4.18.